The van der Waals surface area contributed by atoms with Gasteiger partial charge in [-0.25, -0.2) is 0 Å². The molecule has 0 radical (unpaired) electrons. The van der Waals surface area contributed by atoms with Gasteiger partial charge in [0.25, 0.3) is 8.32 Å². The molecule has 4 heteroatoms. The minimum Gasteiger partial charge on any atom is -0.404 e. The monoisotopic (exact) mass is 396 g/mol. The highest BCUT2D eigenvalue weighted by Gasteiger charge is 2.52. The van der Waals surface area contributed by atoms with E-state index in [0.717, 1.165) is 12.8 Å². The predicted octanol–water partition coefficient (Wildman–Crippen LogP) is 4.27. The normalized spacial score (nSPS) is 23.4. The quantitative estimate of drug-likeness (QED) is 0.539. The highest BCUT2D eigenvalue weighted by molar-refractivity contribution is 6.99. The third kappa shape index (κ3) is 4.15. The minimum absolute atomic E-state index is 0.0414. The van der Waals surface area contributed by atoms with Crippen LogP contribution in [-0.2, 0) is 13.9 Å². The highest BCUT2D eigenvalue weighted by Crippen LogP contribution is 2.39. The molecule has 3 rings (SSSR count). The fourth-order valence-electron chi connectivity index (χ4n) is 4.22. The Hall–Kier alpha value is -1.72. The van der Waals surface area contributed by atoms with Crippen LogP contribution in [0.2, 0.25) is 5.04 Å². The Bertz CT molecular complexity index is 715. The number of benzene rings is 2. The number of rotatable bonds is 6. The minimum atomic E-state index is -2.57. The fourth-order valence-corrected chi connectivity index (χ4v) is 8.92. The molecule has 3 atom stereocenters. The number of methoxy groups -OCH3 is 1. The van der Waals surface area contributed by atoms with Crippen molar-refractivity contribution in [2.75, 3.05) is 7.11 Å². The Labute approximate surface area is 170 Å². The second kappa shape index (κ2) is 8.74. The molecule has 0 aromatic heterocycles. The van der Waals surface area contributed by atoms with Crippen LogP contribution in [0.1, 0.15) is 33.6 Å². The molecule has 0 spiro atoms. The molecule has 1 aliphatic heterocycles. The lowest BCUT2D eigenvalue weighted by Crippen LogP contribution is -2.68. The molecule has 1 saturated heterocycles. The average molecular weight is 397 g/mol. The topological polar surface area (TPSA) is 27.7 Å². The van der Waals surface area contributed by atoms with Gasteiger partial charge in [0.15, 0.2) is 6.29 Å². The van der Waals surface area contributed by atoms with Crippen LogP contribution in [0.15, 0.2) is 73.3 Å². The SMILES string of the molecule is C=C[C@H]1C[C@H](O[Si](c2ccccc2)(c2ccccc2)C(C)(C)C)C[C@H](OC)O1. The van der Waals surface area contributed by atoms with Gasteiger partial charge in [-0.3, -0.25) is 0 Å². The largest absolute Gasteiger partial charge is 0.404 e. The van der Waals surface area contributed by atoms with Gasteiger partial charge in [-0.1, -0.05) is 87.5 Å². The second-order valence-corrected chi connectivity index (χ2v) is 12.7. The number of hydrogen-bond donors (Lipinski definition) is 0. The Kier molecular flexibility index (Phi) is 6.56. The Morgan fingerprint density at radius 3 is 1.93 bits per heavy atom. The van der Waals surface area contributed by atoms with Crippen molar-refractivity contribution < 1.29 is 13.9 Å². The molecular formula is C24H32O3Si. The van der Waals surface area contributed by atoms with Crippen molar-refractivity contribution in [1.82, 2.24) is 0 Å². The molecular weight excluding hydrogens is 364 g/mol. The maximum absolute atomic E-state index is 7.21. The van der Waals surface area contributed by atoms with Crippen molar-refractivity contribution in [3.63, 3.8) is 0 Å². The highest BCUT2D eigenvalue weighted by atomic mass is 28.4. The lowest BCUT2D eigenvalue weighted by Gasteiger charge is -2.47. The van der Waals surface area contributed by atoms with Gasteiger partial charge >= 0.3 is 0 Å². The van der Waals surface area contributed by atoms with E-state index in [1.54, 1.807) is 7.11 Å². The number of ether oxygens (including phenoxy) is 2. The van der Waals surface area contributed by atoms with Crippen LogP contribution in [0.4, 0.5) is 0 Å². The van der Waals surface area contributed by atoms with Crippen molar-refractivity contribution in [3.05, 3.63) is 73.3 Å². The fraction of sp³-hybridized carbons (Fsp3) is 0.417. The summed E-state index contributed by atoms with van der Waals surface area (Å²) in [6.07, 6.45) is 3.11. The van der Waals surface area contributed by atoms with Crippen LogP contribution in [0.3, 0.4) is 0 Å². The van der Waals surface area contributed by atoms with Gasteiger partial charge in [0.1, 0.15) is 0 Å². The van der Waals surface area contributed by atoms with Crippen molar-refractivity contribution in [1.29, 1.82) is 0 Å². The van der Waals surface area contributed by atoms with E-state index in [4.69, 9.17) is 13.9 Å². The zero-order chi connectivity index (χ0) is 20.2. The van der Waals surface area contributed by atoms with Crippen molar-refractivity contribution in [3.8, 4) is 0 Å². The van der Waals surface area contributed by atoms with Gasteiger partial charge in [-0.05, 0) is 15.4 Å². The summed E-state index contributed by atoms with van der Waals surface area (Å²) >= 11 is 0. The van der Waals surface area contributed by atoms with Gasteiger partial charge in [0, 0.05) is 20.0 Å². The first-order valence-corrected chi connectivity index (χ1v) is 11.9. The zero-order valence-electron chi connectivity index (χ0n) is 17.4. The number of hydrogen-bond acceptors (Lipinski definition) is 3. The van der Waals surface area contributed by atoms with Crippen LogP contribution < -0.4 is 10.4 Å². The molecule has 150 valence electrons. The first kappa shape index (κ1) is 21.0. The molecule has 0 saturated carbocycles. The maximum atomic E-state index is 7.21. The molecule has 2 aromatic rings. The van der Waals surface area contributed by atoms with Crippen molar-refractivity contribution in [2.24, 2.45) is 0 Å². The summed E-state index contributed by atoms with van der Waals surface area (Å²) < 4.78 is 18.7. The maximum Gasteiger partial charge on any atom is 0.261 e. The van der Waals surface area contributed by atoms with Crippen molar-refractivity contribution in [2.45, 2.75) is 57.1 Å². The van der Waals surface area contributed by atoms with Crippen LogP contribution in [0, 0.1) is 0 Å². The smallest absolute Gasteiger partial charge is 0.261 e. The van der Waals surface area contributed by atoms with Crippen LogP contribution in [0.5, 0.6) is 0 Å². The van der Waals surface area contributed by atoms with E-state index in [1.807, 2.05) is 6.08 Å². The van der Waals surface area contributed by atoms with Gasteiger partial charge < -0.3 is 13.9 Å². The standard InChI is InChI=1S/C24H32O3Si/c1-6-19-17-20(18-23(25-5)26-19)27-28(24(2,3)4,21-13-9-7-10-14-21)22-15-11-8-12-16-22/h6-16,19-20,23H,1,17-18H2,2-5H3/t19-,20-,23+/m0/s1. The molecule has 1 fully saturated rings. The van der Waals surface area contributed by atoms with E-state index in [1.165, 1.54) is 10.4 Å². The van der Waals surface area contributed by atoms with E-state index in [2.05, 4.69) is 88.0 Å². The third-order valence-corrected chi connectivity index (χ3v) is 10.7. The summed E-state index contributed by atoms with van der Waals surface area (Å²) in [6.45, 7) is 10.8. The van der Waals surface area contributed by atoms with Crippen molar-refractivity contribution >= 4 is 18.7 Å². The molecule has 0 bridgehead atoms. The summed E-state index contributed by atoms with van der Waals surface area (Å²) in [4.78, 5) is 0. The first-order chi connectivity index (χ1) is 13.4. The van der Waals surface area contributed by atoms with E-state index >= 15 is 0 Å². The summed E-state index contributed by atoms with van der Waals surface area (Å²) in [5.74, 6) is 0. The molecule has 2 aromatic carbocycles. The predicted molar refractivity (Wildman–Crippen MR) is 118 cm³/mol. The van der Waals surface area contributed by atoms with E-state index in [9.17, 15) is 0 Å². The summed E-state index contributed by atoms with van der Waals surface area (Å²) in [5.41, 5.74) is 0. The van der Waals surface area contributed by atoms with Gasteiger partial charge in [-0.15, -0.1) is 6.58 Å². The summed E-state index contributed by atoms with van der Waals surface area (Å²) in [7, 11) is -0.876. The van der Waals surface area contributed by atoms with Gasteiger partial charge in [0.05, 0.1) is 12.2 Å². The Morgan fingerprint density at radius 1 is 0.964 bits per heavy atom. The Balaban J connectivity index is 2.09. The van der Waals surface area contributed by atoms with Gasteiger partial charge in [-0.2, -0.15) is 0 Å². The Morgan fingerprint density at radius 2 is 1.50 bits per heavy atom. The summed E-state index contributed by atoms with van der Waals surface area (Å²) in [5, 5.41) is 2.55. The van der Waals surface area contributed by atoms with E-state index < -0.39 is 8.32 Å². The van der Waals surface area contributed by atoms with Crippen LogP contribution in [0.25, 0.3) is 0 Å². The molecule has 28 heavy (non-hydrogen) atoms. The molecule has 3 nitrogen and oxygen atoms in total. The van der Waals surface area contributed by atoms with Crippen LogP contribution in [-0.4, -0.2) is 33.9 Å². The average Bonchev–Trinajstić information content (AvgIpc) is 2.72. The van der Waals surface area contributed by atoms with E-state index in [0.29, 0.717) is 0 Å². The zero-order valence-corrected chi connectivity index (χ0v) is 18.4. The second-order valence-electron chi connectivity index (χ2n) is 8.45. The molecule has 1 heterocycles. The van der Waals surface area contributed by atoms with E-state index in [-0.39, 0.29) is 23.5 Å². The molecule has 0 unspecified atom stereocenters. The van der Waals surface area contributed by atoms with Gasteiger partial charge in [0.2, 0.25) is 0 Å². The molecule has 1 aliphatic rings. The lowest BCUT2D eigenvalue weighted by molar-refractivity contribution is -0.188. The molecule has 0 amide bonds. The summed E-state index contributed by atoms with van der Waals surface area (Å²) in [6, 6.07) is 21.5. The lowest BCUT2D eigenvalue weighted by atomic mass is 10.1. The molecule has 0 N–H and O–H groups in total. The first-order valence-electron chi connectivity index (χ1n) is 10.0. The van der Waals surface area contributed by atoms with Crippen LogP contribution >= 0.6 is 0 Å². The third-order valence-electron chi connectivity index (χ3n) is 5.56. The molecule has 0 aliphatic carbocycles.